The van der Waals surface area contributed by atoms with Crippen molar-refractivity contribution in [3.63, 3.8) is 0 Å². The fourth-order valence-electron chi connectivity index (χ4n) is 1.75. The lowest BCUT2D eigenvalue weighted by molar-refractivity contribution is -0.384. The summed E-state index contributed by atoms with van der Waals surface area (Å²) in [5.74, 6) is 0.659. The highest BCUT2D eigenvalue weighted by Crippen LogP contribution is 2.26. The van der Waals surface area contributed by atoms with Gasteiger partial charge in [0.1, 0.15) is 5.75 Å². The normalized spacial score (nSPS) is 11.0. The molecule has 1 N–H and O–H groups in total. The molecule has 0 atom stereocenters. The first kappa shape index (κ1) is 16.7. The van der Waals surface area contributed by atoms with Gasteiger partial charge in [-0.05, 0) is 43.7 Å². The lowest BCUT2D eigenvalue weighted by Crippen LogP contribution is -2.06. The molecule has 120 valence electrons. The highest BCUT2D eigenvalue weighted by atomic mass is 35.5. The molecule has 1 heterocycles. The van der Waals surface area contributed by atoms with Crippen molar-refractivity contribution in [2.75, 3.05) is 5.43 Å². The molecule has 2 rings (SSSR count). The van der Waals surface area contributed by atoms with Crippen molar-refractivity contribution in [2.24, 2.45) is 5.10 Å². The van der Waals surface area contributed by atoms with Crippen LogP contribution in [-0.4, -0.2) is 22.2 Å². The average molecular weight is 335 g/mol. The molecular weight excluding hydrogens is 320 g/mol. The molecule has 1 aromatic carbocycles. The van der Waals surface area contributed by atoms with Crippen molar-refractivity contribution in [3.8, 4) is 5.75 Å². The van der Waals surface area contributed by atoms with Crippen molar-refractivity contribution in [1.29, 1.82) is 0 Å². The number of hydrogen-bond donors (Lipinski definition) is 1. The Morgan fingerprint density at radius 2 is 2.22 bits per heavy atom. The van der Waals surface area contributed by atoms with E-state index in [2.05, 4.69) is 15.5 Å². The Balaban J connectivity index is 2.10. The Morgan fingerprint density at radius 3 is 2.87 bits per heavy atom. The summed E-state index contributed by atoms with van der Waals surface area (Å²) < 4.78 is 5.54. The monoisotopic (exact) mass is 334 g/mol. The van der Waals surface area contributed by atoms with Crippen LogP contribution >= 0.6 is 11.6 Å². The number of halogens is 1. The summed E-state index contributed by atoms with van der Waals surface area (Å²) in [5, 5.41) is 15.3. The molecule has 0 aliphatic heterocycles. The second-order valence-electron chi connectivity index (χ2n) is 4.85. The van der Waals surface area contributed by atoms with Crippen molar-refractivity contribution in [1.82, 2.24) is 4.98 Å². The summed E-state index contributed by atoms with van der Waals surface area (Å²) in [6.07, 6.45) is 2.96. The van der Waals surface area contributed by atoms with Gasteiger partial charge < -0.3 is 4.74 Å². The number of ether oxygens (including phenoxy) is 1. The van der Waals surface area contributed by atoms with E-state index in [0.29, 0.717) is 10.8 Å². The summed E-state index contributed by atoms with van der Waals surface area (Å²) >= 11 is 6.13. The van der Waals surface area contributed by atoms with Gasteiger partial charge in [0, 0.05) is 12.3 Å². The van der Waals surface area contributed by atoms with Crippen LogP contribution in [-0.2, 0) is 0 Å². The standard InChI is InChI=1S/C15H15ClN4O3/c1-10(2)23-14-6-5-11(8-12(14)16)9-18-19-15-13(20(21)22)4-3-7-17-15/h3-10H,1-2H3,(H,17,19)/b18-9-. The molecule has 0 spiro atoms. The van der Waals surface area contributed by atoms with Gasteiger partial charge in [0.2, 0.25) is 5.82 Å². The van der Waals surface area contributed by atoms with Crippen molar-refractivity contribution in [2.45, 2.75) is 20.0 Å². The predicted molar refractivity (Wildman–Crippen MR) is 89.3 cm³/mol. The fraction of sp³-hybridized carbons (Fsp3) is 0.200. The van der Waals surface area contributed by atoms with Gasteiger partial charge in [0.05, 0.1) is 22.3 Å². The summed E-state index contributed by atoms with van der Waals surface area (Å²) in [5.41, 5.74) is 3.12. The van der Waals surface area contributed by atoms with E-state index in [-0.39, 0.29) is 17.6 Å². The molecule has 2 aromatic rings. The van der Waals surface area contributed by atoms with Gasteiger partial charge in [-0.3, -0.25) is 15.5 Å². The molecule has 0 unspecified atom stereocenters. The minimum atomic E-state index is -0.528. The molecular formula is C15H15ClN4O3. The summed E-state index contributed by atoms with van der Waals surface area (Å²) in [4.78, 5) is 14.2. The fourth-order valence-corrected chi connectivity index (χ4v) is 1.98. The van der Waals surface area contributed by atoms with E-state index < -0.39 is 4.92 Å². The number of hydrogen-bond acceptors (Lipinski definition) is 6. The van der Waals surface area contributed by atoms with Crippen LogP contribution in [0.3, 0.4) is 0 Å². The third-order valence-corrected chi connectivity index (χ3v) is 2.98. The SMILES string of the molecule is CC(C)Oc1ccc(/C=N\Nc2ncccc2[N+](=O)[O-])cc1Cl. The number of rotatable bonds is 6. The van der Waals surface area contributed by atoms with E-state index in [0.717, 1.165) is 5.56 Å². The number of nitro groups is 1. The largest absolute Gasteiger partial charge is 0.489 e. The van der Waals surface area contributed by atoms with E-state index in [1.807, 2.05) is 13.8 Å². The maximum atomic E-state index is 10.9. The molecule has 0 saturated carbocycles. The summed E-state index contributed by atoms with van der Waals surface area (Å²) in [6, 6.07) is 8.05. The minimum absolute atomic E-state index is 0.0263. The van der Waals surface area contributed by atoms with Crippen molar-refractivity contribution >= 4 is 29.3 Å². The Morgan fingerprint density at radius 1 is 1.43 bits per heavy atom. The lowest BCUT2D eigenvalue weighted by Gasteiger charge is -2.11. The maximum absolute atomic E-state index is 10.9. The number of nitrogens with zero attached hydrogens (tertiary/aromatic N) is 3. The second kappa shape index (κ2) is 7.55. The second-order valence-corrected chi connectivity index (χ2v) is 5.26. The molecule has 0 aliphatic carbocycles. The molecule has 8 heteroatoms. The number of aromatic nitrogens is 1. The summed E-state index contributed by atoms with van der Waals surface area (Å²) in [6.45, 7) is 3.82. The molecule has 0 bridgehead atoms. The third kappa shape index (κ3) is 4.65. The highest BCUT2D eigenvalue weighted by molar-refractivity contribution is 6.32. The van der Waals surface area contributed by atoms with E-state index in [1.54, 1.807) is 18.2 Å². The van der Waals surface area contributed by atoms with Crippen LogP contribution in [0.2, 0.25) is 5.02 Å². The lowest BCUT2D eigenvalue weighted by atomic mass is 10.2. The number of benzene rings is 1. The van der Waals surface area contributed by atoms with Gasteiger partial charge >= 0.3 is 5.69 Å². The maximum Gasteiger partial charge on any atom is 0.313 e. The van der Waals surface area contributed by atoms with Gasteiger partial charge in [-0.25, -0.2) is 4.98 Å². The first-order chi connectivity index (χ1) is 11.0. The van der Waals surface area contributed by atoms with E-state index in [9.17, 15) is 10.1 Å². The van der Waals surface area contributed by atoms with Crippen LogP contribution in [0.15, 0.2) is 41.6 Å². The van der Waals surface area contributed by atoms with Crippen molar-refractivity contribution in [3.05, 3.63) is 57.2 Å². The van der Waals surface area contributed by atoms with Crippen LogP contribution in [0.1, 0.15) is 19.4 Å². The van der Waals surface area contributed by atoms with Crippen LogP contribution in [0, 0.1) is 10.1 Å². The van der Waals surface area contributed by atoms with Gasteiger partial charge in [0.15, 0.2) is 0 Å². The van der Waals surface area contributed by atoms with E-state index in [1.165, 1.54) is 24.5 Å². The predicted octanol–water partition coefficient (Wildman–Crippen LogP) is 3.88. The average Bonchev–Trinajstić information content (AvgIpc) is 2.50. The van der Waals surface area contributed by atoms with E-state index >= 15 is 0 Å². The number of anilines is 1. The summed E-state index contributed by atoms with van der Waals surface area (Å²) in [7, 11) is 0. The molecule has 0 amide bonds. The first-order valence-electron chi connectivity index (χ1n) is 6.82. The Labute approximate surface area is 138 Å². The zero-order chi connectivity index (χ0) is 16.8. The minimum Gasteiger partial charge on any atom is -0.489 e. The zero-order valence-corrected chi connectivity index (χ0v) is 13.3. The molecule has 1 aromatic heterocycles. The molecule has 0 fully saturated rings. The van der Waals surface area contributed by atoms with Crippen LogP contribution < -0.4 is 10.2 Å². The van der Waals surface area contributed by atoms with Gasteiger partial charge in [0.25, 0.3) is 0 Å². The van der Waals surface area contributed by atoms with Gasteiger partial charge in [-0.2, -0.15) is 5.10 Å². The molecule has 0 radical (unpaired) electrons. The molecule has 23 heavy (non-hydrogen) atoms. The topological polar surface area (TPSA) is 89.7 Å². The van der Waals surface area contributed by atoms with Crippen molar-refractivity contribution < 1.29 is 9.66 Å². The molecule has 0 saturated heterocycles. The Hall–Kier alpha value is -2.67. The van der Waals surface area contributed by atoms with Gasteiger partial charge in [-0.1, -0.05) is 11.6 Å². The highest BCUT2D eigenvalue weighted by Gasteiger charge is 2.12. The first-order valence-corrected chi connectivity index (χ1v) is 7.20. The molecule has 7 nitrogen and oxygen atoms in total. The smallest absolute Gasteiger partial charge is 0.313 e. The Bertz CT molecular complexity index is 734. The number of nitrogens with one attached hydrogen (secondary N) is 1. The molecule has 0 aliphatic rings. The number of hydrazone groups is 1. The van der Waals surface area contributed by atoms with Gasteiger partial charge in [-0.15, -0.1) is 0 Å². The van der Waals surface area contributed by atoms with Crippen LogP contribution in [0.25, 0.3) is 0 Å². The van der Waals surface area contributed by atoms with Crippen LogP contribution in [0.5, 0.6) is 5.75 Å². The van der Waals surface area contributed by atoms with E-state index in [4.69, 9.17) is 16.3 Å². The number of pyridine rings is 1. The third-order valence-electron chi connectivity index (χ3n) is 2.69. The van der Waals surface area contributed by atoms with Crippen LogP contribution in [0.4, 0.5) is 11.5 Å². The Kier molecular flexibility index (Phi) is 5.48. The zero-order valence-electron chi connectivity index (χ0n) is 12.6. The quantitative estimate of drug-likeness (QED) is 0.492.